The van der Waals surface area contributed by atoms with Crippen molar-refractivity contribution in [2.45, 2.75) is 93.2 Å². The van der Waals surface area contributed by atoms with Gasteiger partial charge in [-0.05, 0) is 263 Å². The quantitative estimate of drug-likeness (QED) is 0.0132. The Morgan fingerprint density at radius 3 is 1.09 bits per heavy atom. The monoisotopic (exact) mass is 2040 g/mol. The molecule has 0 spiro atoms. The number of methoxy groups -OCH3 is 1. The average molecular weight is 2040 g/mol. The zero-order valence-corrected chi connectivity index (χ0v) is 82.2. The van der Waals surface area contributed by atoms with E-state index in [1.54, 1.807) is 138 Å². The normalized spacial score (nSPS) is 12.0. The highest BCUT2D eigenvalue weighted by atomic mass is 35.5. The number of imide groups is 1. The number of carbonyl (C=O) groups is 7. The summed E-state index contributed by atoms with van der Waals surface area (Å²) >= 11 is 37.3. The number of aromatic amines is 3. The van der Waals surface area contributed by atoms with Crippen LogP contribution in [0.3, 0.4) is 0 Å². The molecule has 1 aliphatic heterocycles. The first-order chi connectivity index (χ1) is 65.3. The zero-order valence-electron chi connectivity index (χ0n) is 75.2. The van der Waals surface area contributed by atoms with Crippen LogP contribution in [0, 0.1) is 47.4 Å². The van der Waals surface area contributed by atoms with Gasteiger partial charge >= 0.3 is 0 Å². The Kier molecular flexibility index (Phi) is 33.5. The van der Waals surface area contributed by atoms with Crippen LogP contribution in [0.1, 0.15) is 154 Å². The molecule has 1 aliphatic rings. The third-order valence-electron chi connectivity index (χ3n) is 22.5. The standard InChI is InChI=1S/C35H36Cl2N4O6S.C34H33Cl2FN4O5S.C30H27Cl2N3O6S/c1-22-18-27(19-23(2)32(22)37)47-16-5-6-29-28-13-10-25(36)20-30(28)39-33(29)35(43)40-48(44,45)17-14-38-34(42)31-7-4-15-41(31)21-24-8-11-26(46-3)12-9-24;1-21-17-25(18-22(2)31(21)36)46-15-6-8-27-26-12-11-24(35)19-29(26)39-32(27)34(43)40-47(44,45)16-13-38-33(42)30-10-5-14-41(30)20-23-7-3-4-9-28(23)37;1-17-14-20(15-18(2)26(17)32)41-12-5-8-22-21-10-9-19(31)16-25(21)33-27(22)28(36)34-42(39,40)13-11-35-29(37)23-6-3-4-7-24(23)30(35)38/h4,7-13,15,18-20,39H,5-6,14,16-17,21H2,1-3H3,(H,38,42)(H,40,43);3-5,7,9-12,14,17-19,39H,6,8,13,15-16,20H2,1-2H3,(H,38,42)(H,40,43);3-4,6-7,9-10,14-16,33H,5,8,11-13H2,1-2H3,(H,34,36). The van der Waals surface area contributed by atoms with Gasteiger partial charge in [0.15, 0.2) is 0 Å². The van der Waals surface area contributed by atoms with Crippen LogP contribution >= 0.6 is 69.6 Å². The second kappa shape index (κ2) is 45.1. The van der Waals surface area contributed by atoms with Crippen LogP contribution in [-0.4, -0.2) is 159 Å². The Morgan fingerprint density at radius 2 is 0.737 bits per heavy atom. The molecule has 6 heterocycles. The third kappa shape index (κ3) is 26.0. The smallest absolute Gasteiger partial charge is 0.281 e. The summed E-state index contributed by atoms with van der Waals surface area (Å²) in [6, 6.07) is 53.2. The molecule has 0 bridgehead atoms. The number of halogens is 7. The van der Waals surface area contributed by atoms with Gasteiger partial charge in [0.2, 0.25) is 30.1 Å². The van der Waals surface area contributed by atoms with Crippen LogP contribution in [0.5, 0.6) is 23.0 Å². The number of rotatable bonds is 37. The molecule has 0 aliphatic carbocycles. The van der Waals surface area contributed by atoms with Crippen molar-refractivity contribution >= 4 is 174 Å². The summed E-state index contributed by atoms with van der Waals surface area (Å²) in [5, 5.41) is 10.9. The Morgan fingerprint density at radius 1 is 0.394 bits per heavy atom. The molecule has 0 radical (unpaired) electrons. The van der Waals surface area contributed by atoms with E-state index < -0.39 is 101 Å². The van der Waals surface area contributed by atoms with Crippen LogP contribution in [0.2, 0.25) is 30.1 Å². The molecule has 8 N–H and O–H groups in total. The fraction of sp³-hybridized carbons (Fsp3) is 0.242. The Labute approximate surface area is 820 Å². The van der Waals surface area contributed by atoms with E-state index in [4.69, 9.17) is 88.6 Å². The molecule has 716 valence electrons. The summed E-state index contributed by atoms with van der Waals surface area (Å²) in [7, 11) is -10.9. The van der Waals surface area contributed by atoms with Gasteiger partial charge in [0, 0.05) is 107 Å². The minimum Gasteiger partial charge on any atom is -0.497 e. The second-order valence-electron chi connectivity index (χ2n) is 32.5. The van der Waals surface area contributed by atoms with Crippen LogP contribution in [0.15, 0.2) is 200 Å². The number of hydrogen-bond acceptors (Lipinski definition) is 17. The molecule has 0 saturated carbocycles. The highest BCUT2D eigenvalue weighted by Gasteiger charge is 2.37. The maximum Gasteiger partial charge on any atom is 0.281 e. The molecule has 38 heteroatoms. The second-order valence-corrected chi connectivity index (χ2v) is 40.5. The van der Waals surface area contributed by atoms with Crippen molar-refractivity contribution in [1.29, 1.82) is 0 Å². The zero-order chi connectivity index (χ0) is 98.3. The van der Waals surface area contributed by atoms with E-state index >= 15 is 0 Å². The molecule has 0 unspecified atom stereocenters. The number of hydrogen-bond donors (Lipinski definition) is 8. The average Bonchev–Trinajstić information content (AvgIpc) is 1.65. The van der Waals surface area contributed by atoms with Crippen molar-refractivity contribution in [1.82, 2.24) is 53.8 Å². The van der Waals surface area contributed by atoms with Gasteiger partial charge in [-0.3, -0.25) is 38.5 Å². The van der Waals surface area contributed by atoms with Gasteiger partial charge in [-0.15, -0.1) is 0 Å². The molecule has 0 atom stereocenters. The lowest BCUT2D eigenvalue weighted by molar-refractivity contribution is 0.0662. The molecular weight excluding hydrogens is 1940 g/mol. The first kappa shape index (κ1) is 102. The topological polar surface area (TPSA) is 379 Å². The summed E-state index contributed by atoms with van der Waals surface area (Å²) in [4.78, 5) is 101. The van der Waals surface area contributed by atoms with Crippen LogP contribution in [-0.2, 0) is 62.4 Å². The van der Waals surface area contributed by atoms with E-state index in [1.807, 2.05) is 102 Å². The number of aryl methyl sites for hydroxylation is 9. The summed E-state index contributed by atoms with van der Waals surface area (Å²) < 4.78 is 124. The van der Waals surface area contributed by atoms with Gasteiger partial charge in [0.25, 0.3) is 41.4 Å². The van der Waals surface area contributed by atoms with E-state index in [0.717, 1.165) is 65.8 Å². The lowest BCUT2D eigenvalue weighted by atomic mass is 10.1. The fourth-order valence-corrected chi connectivity index (χ4v) is 19.2. The molecular formula is C99H96Cl6FN11O17S3. The van der Waals surface area contributed by atoms with E-state index in [0.29, 0.717) is 157 Å². The molecule has 15 rings (SSSR count). The van der Waals surface area contributed by atoms with Gasteiger partial charge in [0.1, 0.15) is 57.3 Å². The van der Waals surface area contributed by atoms with Gasteiger partial charge in [-0.1, -0.05) is 130 Å². The lowest BCUT2D eigenvalue weighted by Crippen LogP contribution is -2.39. The number of aromatic nitrogens is 5. The van der Waals surface area contributed by atoms with E-state index in [1.165, 1.54) is 18.2 Å². The first-order valence-corrected chi connectivity index (χ1v) is 50.4. The van der Waals surface area contributed by atoms with Crippen molar-refractivity contribution in [3.8, 4) is 23.0 Å². The summed E-state index contributed by atoms with van der Waals surface area (Å²) in [6.07, 6.45) is 6.28. The molecule has 0 saturated heterocycles. The maximum absolute atomic E-state index is 14.1. The summed E-state index contributed by atoms with van der Waals surface area (Å²) in [5.74, 6) is -3.89. The number of nitrogens with one attached hydrogen (secondary N) is 8. The van der Waals surface area contributed by atoms with Gasteiger partial charge in [-0.2, -0.15) is 0 Å². The van der Waals surface area contributed by atoms with Crippen molar-refractivity contribution in [2.75, 3.05) is 63.8 Å². The molecule has 28 nitrogen and oxygen atoms in total. The third-order valence-corrected chi connectivity index (χ3v) is 28.7. The molecule has 9 aromatic carbocycles. The maximum atomic E-state index is 14.1. The Hall–Kier alpha value is -12.6. The number of benzene rings is 9. The van der Waals surface area contributed by atoms with E-state index in [-0.39, 0.29) is 53.5 Å². The number of H-pyrrole nitrogens is 3. The minimum atomic E-state index is -4.21. The van der Waals surface area contributed by atoms with Crippen molar-refractivity contribution < 1.29 is 82.2 Å². The largest absolute Gasteiger partial charge is 0.497 e. The molecule has 0 fully saturated rings. The number of amides is 7. The minimum absolute atomic E-state index is 0.0785. The lowest BCUT2D eigenvalue weighted by Gasteiger charge is -2.14. The molecule has 7 amide bonds. The van der Waals surface area contributed by atoms with Crippen LogP contribution < -0.4 is 43.7 Å². The SMILES string of the molecule is COc1ccc(Cn2cccc2C(=O)NCCS(=O)(=O)NC(=O)c2[nH]c3cc(Cl)ccc3c2CCCOc2cc(C)c(Cl)c(C)c2)cc1.Cc1cc(OCCCc2c(C(=O)NS(=O)(=O)CCN3C(=O)c4ccccc4C3=O)[nH]c3cc(Cl)ccc23)cc(C)c1Cl.Cc1cc(OCCCc2c(C(=O)NS(=O)(=O)CCNC(=O)c3cccn3Cc3ccccc3F)[nH]c3cc(Cl)ccc23)cc(C)c1Cl. The van der Waals surface area contributed by atoms with Crippen LogP contribution in [0.4, 0.5) is 4.39 Å². The summed E-state index contributed by atoms with van der Waals surface area (Å²) in [5.41, 5.74) is 11.8. The van der Waals surface area contributed by atoms with Crippen molar-refractivity contribution in [3.63, 3.8) is 0 Å². The van der Waals surface area contributed by atoms with Crippen LogP contribution in [0.25, 0.3) is 32.7 Å². The predicted molar refractivity (Wildman–Crippen MR) is 531 cm³/mol. The summed E-state index contributed by atoms with van der Waals surface area (Å²) in [6.45, 7) is 12.2. The predicted octanol–water partition coefficient (Wildman–Crippen LogP) is 18.5. The number of carbonyl (C=O) groups excluding carboxylic acids is 7. The molecule has 5 aromatic heterocycles. The fourth-order valence-electron chi connectivity index (χ4n) is 15.7. The highest BCUT2D eigenvalue weighted by molar-refractivity contribution is 7.90. The van der Waals surface area contributed by atoms with Crippen molar-refractivity contribution in [2.24, 2.45) is 0 Å². The Bertz CT molecular complexity index is 7220. The molecule has 137 heavy (non-hydrogen) atoms. The van der Waals surface area contributed by atoms with Gasteiger partial charge < -0.3 is 53.7 Å². The molecule has 14 aromatic rings. The number of sulfonamides is 3. The number of ether oxygens (including phenoxy) is 4. The van der Waals surface area contributed by atoms with Gasteiger partial charge in [-0.25, -0.2) is 43.8 Å². The number of fused-ring (bicyclic) bond motifs is 4. The highest BCUT2D eigenvalue weighted by Crippen LogP contribution is 2.35. The Balaban J connectivity index is 0.000000174. The van der Waals surface area contributed by atoms with E-state index in [9.17, 15) is 63.2 Å². The van der Waals surface area contributed by atoms with Crippen molar-refractivity contribution in [3.05, 3.63) is 337 Å². The van der Waals surface area contributed by atoms with E-state index in [2.05, 4.69) is 39.8 Å². The first-order valence-electron chi connectivity index (χ1n) is 43.2. The number of nitrogens with zero attached hydrogens (tertiary/aromatic N) is 3. The van der Waals surface area contributed by atoms with Gasteiger partial charge in [0.05, 0.1) is 61.9 Å².